The van der Waals surface area contributed by atoms with E-state index in [-0.39, 0.29) is 0 Å². The number of nitrogens with zero attached hydrogens (tertiary/aromatic N) is 2. The van der Waals surface area contributed by atoms with Crippen molar-refractivity contribution in [1.29, 1.82) is 0 Å². The molecule has 0 aliphatic heterocycles. The van der Waals surface area contributed by atoms with Gasteiger partial charge in [0, 0.05) is 0 Å². The molecule has 0 spiro atoms. The zero-order valence-electron chi connectivity index (χ0n) is 13.2. The van der Waals surface area contributed by atoms with Gasteiger partial charge < -0.3 is 4.55 Å². The molecule has 2 rings (SSSR count). The molecule has 0 bridgehead atoms. The molecule has 2 aromatic rings. The minimum absolute atomic E-state index is 0.423. The minimum atomic E-state index is -4.13. The largest absolute Gasteiger partial charge is 0.748 e. The fourth-order valence-electron chi connectivity index (χ4n) is 1.88. The van der Waals surface area contributed by atoms with Crippen LogP contribution in [-0.2, 0) is 29.0 Å². The minimum Gasteiger partial charge on any atom is -0.748 e. The predicted octanol–water partition coefficient (Wildman–Crippen LogP) is 2.33. The van der Waals surface area contributed by atoms with Crippen molar-refractivity contribution in [1.82, 2.24) is 4.57 Å². The average Bonchev–Trinajstić information content (AvgIpc) is 2.93. The second-order valence-electron chi connectivity index (χ2n) is 5.02. The van der Waals surface area contributed by atoms with Gasteiger partial charge in [0.1, 0.15) is 12.4 Å². The van der Waals surface area contributed by atoms with E-state index >= 15 is 0 Å². The van der Waals surface area contributed by atoms with Crippen LogP contribution in [0.5, 0.6) is 0 Å². The molecule has 1 aromatic carbocycles. The Morgan fingerprint density at radius 3 is 2.36 bits per heavy atom. The first-order chi connectivity index (χ1) is 10.4. The lowest BCUT2D eigenvalue weighted by molar-refractivity contribution is -0.696. The van der Waals surface area contributed by atoms with E-state index in [0.717, 1.165) is 13.1 Å². The van der Waals surface area contributed by atoms with E-state index in [1.54, 1.807) is 30.3 Å². The lowest BCUT2D eigenvalue weighted by Crippen LogP contribution is -2.30. The maximum atomic E-state index is 10.2. The summed E-state index contributed by atoms with van der Waals surface area (Å²) in [5, 5.41) is 0. The van der Waals surface area contributed by atoms with E-state index in [4.69, 9.17) is 0 Å². The third-order valence-electron chi connectivity index (χ3n) is 3.07. The molecular formula is C16H24N2O3S. The summed E-state index contributed by atoms with van der Waals surface area (Å²) in [4.78, 5) is 0. The maximum absolute atomic E-state index is 10.2. The zero-order valence-corrected chi connectivity index (χ0v) is 14.0. The number of aromatic nitrogens is 2. The molecule has 0 N–H and O–H groups in total. The molecule has 0 saturated heterocycles. The number of unbranched alkanes of at least 4 members (excludes halogenated alkanes) is 1. The highest BCUT2D eigenvalue weighted by Gasteiger charge is 1.99. The van der Waals surface area contributed by atoms with Crippen molar-refractivity contribution in [3.63, 3.8) is 0 Å². The van der Waals surface area contributed by atoms with Crippen molar-refractivity contribution in [3.8, 4) is 0 Å². The molecule has 0 fully saturated rings. The second kappa shape index (κ2) is 9.38. The second-order valence-corrected chi connectivity index (χ2v) is 6.43. The van der Waals surface area contributed by atoms with Crippen LogP contribution in [0.2, 0.25) is 0 Å². The Balaban J connectivity index is 0.000000220. The number of rotatable bonds is 6. The fourth-order valence-corrected chi connectivity index (χ4v) is 2.48. The molecule has 5 nitrogen and oxygen atoms in total. The zero-order chi connectivity index (χ0) is 16.4. The van der Waals surface area contributed by atoms with E-state index in [2.05, 4.69) is 41.7 Å². The monoisotopic (exact) mass is 324 g/mol. The molecular weight excluding hydrogens is 300 g/mol. The maximum Gasteiger partial charge on any atom is 0.243 e. The Kier molecular flexibility index (Phi) is 7.84. The molecule has 1 heterocycles. The number of hydrogen-bond donors (Lipinski definition) is 0. The molecule has 0 atom stereocenters. The van der Waals surface area contributed by atoms with E-state index in [1.165, 1.54) is 12.8 Å². The summed E-state index contributed by atoms with van der Waals surface area (Å²) in [6, 6.07) is 8.37. The summed E-state index contributed by atoms with van der Waals surface area (Å²) < 4.78 is 35.2. The number of benzene rings is 1. The van der Waals surface area contributed by atoms with Gasteiger partial charge in [0.15, 0.2) is 0 Å². The smallest absolute Gasteiger partial charge is 0.243 e. The quantitative estimate of drug-likeness (QED) is 0.605. The van der Waals surface area contributed by atoms with Crippen LogP contribution >= 0.6 is 0 Å². The number of hydrogen-bond acceptors (Lipinski definition) is 3. The van der Waals surface area contributed by atoms with E-state index in [0.29, 0.717) is 5.56 Å². The fraction of sp³-hybridized carbons (Fsp3) is 0.438. The molecule has 0 aliphatic rings. The molecule has 1 aromatic heterocycles. The van der Waals surface area contributed by atoms with Gasteiger partial charge in [0.25, 0.3) is 0 Å². The molecule has 0 saturated carbocycles. The average molecular weight is 324 g/mol. The highest BCUT2D eigenvalue weighted by atomic mass is 32.2. The Morgan fingerprint density at radius 2 is 1.86 bits per heavy atom. The first kappa shape index (κ1) is 18.4. The number of aryl methyl sites for hydroxylation is 2. The summed E-state index contributed by atoms with van der Waals surface area (Å²) in [7, 11) is -4.13. The molecule has 122 valence electrons. The van der Waals surface area contributed by atoms with Crippen molar-refractivity contribution >= 4 is 10.1 Å². The summed E-state index contributed by atoms with van der Waals surface area (Å²) in [6.07, 6.45) is 8.97. The summed E-state index contributed by atoms with van der Waals surface area (Å²) >= 11 is 0. The van der Waals surface area contributed by atoms with Crippen LogP contribution in [0.1, 0.15) is 32.3 Å². The van der Waals surface area contributed by atoms with Crippen molar-refractivity contribution in [3.05, 3.63) is 54.6 Å². The Bertz CT molecular complexity index is 636. The van der Waals surface area contributed by atoms with Crippen LogP contribution < -0.4 is 4.57 Å². The van der Waals surface area contributed by atoms with Gasteiger partial charge in [-0.1, -0.05) is 43.7 Å². The Morgan fingerprint density at radius 1 is 1.18 bits per heavy atom. The lowest BCUT2D eigenvalue weighted by Gasteiger charge is -2.05. The summed E-state index contributed by atoms with van der Waals surface area (Å²) in [5.74, 6) is -0.423. The number of imidazole rings is 1. The summed E-state index contributed by atoms with van der Waals surface area (Å²) in [6.45, 7) is 6.60. The molecule has 6 heteroatoms. The SMILES string of the molecule is CCCC[n+]1ccn(CC)c1.O=S(=O)([O-])Cc1ccccc1. The first-order valence-corrected chi connectivity index (χ1v) is 9.04. The van der Waals surface area contributed by atoms with Crippen LogP contribution in [0, 0.1) is 0 Å². The van der Waals surface area contributed by atoms with Crippen molar-refractivity contribution < 1.29 is 17.5 Å². The van der Waals surface area contributed by atoms with E-state index < -0.39 is 15.9 Å². The van der Waals surface area contributed by atoms with Crippen LogP contribution in [-0.4, -0.2) is 17.5 Å². The van der Waals surface area contributed by atoms with Gasteiger partial charge in [-0.2, -0.15) is 0 Å². The van der Waals surface area contributed by atoms with Gasteiger partial charge in [-0.3, -0.25) is 0 Å². The highest BCUT2D eigenvalue weighted by molar-refractivity contribution is 7.84. The topological polar surface area (TPSA) is 66.0 Å². The van der Waals surface area contributed by atoms with Crippen molar-refractivity contribution in [2.75, 3.05) is 0 Å². The lowest BCUT2D eigenvalue weighted by atomic mass is 10.2. The molecule has 0 amide bonds. The molecule has 0 unspecified atom stereocenters. The molecule has 22 heavy (non-hydrogen) atoms. The first-order valence-electron chi connectivity index (χ1n) is 7.47. The van der Waals surface area contributed by atoms with Crippen LogP contribution in [0.15, 0.2) is 49.1 Å². The normalized spacial score (nSPS) is 10.9. The third kappa shape index (κ3) is 7.95. The van der Waals surface area contributed by atoms with Gasteiger partial charge in [-0.05, 0) is 18.9 Å². The highest BCUT2D eigenvalue weighted by Crippen LogP contribution is 2.02. The van der Waals surface area contributed by atoms with Gasteiger partial charge in [-0.25, -0.2) is 17.6 Å². The van der Waals surface area contributed by atoms with Crippen LogP contribution in [0.3, 0.4) is 0 Å². The van der Waals surface area contributed by atoms with Gasteiger partial charge in [0.2, 0.25) is 6.33 Å². The van der Waals surface area contributed by atoms with Gasteiger partial charge >= 0.3 is 0 Å². The standard InChI is InChI=1S/C9H17N2.C7H8O3S/c1-3-5-6-11-8-7-10(4-2)9-11;8-11(9,10)6-7-4-2-1-3-5-7/h7-9H,3-6H2,1-2H3;1-5H,6H2,(H,8,9,10)/q+1;/p-1. The van der Waals surface area contributed by atoms with Crippen molar-refractivity contribution in [2.45, 2.75) is 45.5 Å². The van der Waals surface area contributed by atoms with Crippen LogP contribution in [0.4, 0.5) is 0 Å². The van der Waals surface area contributed by atoms with E-state index in [9.17, 15) is 13.0 Å². The van der Waals surface area contributed by atoms with Crippen molar-refractivity contribution in [2.24, 2.45) is 0 Å². The van der Waals surface area contributed by atoms with Gasteiger partial charge in [0.05, 0.1) is 29.0 Å². The Labute approximate surface area is 133 Å². The molecule has 0 aliphatic carbocycles. The molecule has 0 radical (unpaired) electrons. The predicted molar refractivity (Wildman–Crippen MR) is 85.1 cm³/mol. The van der Waals surface area contributed by atoms with E-state index in [1.807, 2.05) is 0 Å². The third-order valence-corrected chi connectivity index (χ3v) is 3.75. The Hall–Kier alpha value is -1.66. The van der Waals surface area contributed by atoms with Gasteiger partial charge in [-0.15, -0.1) is 0 Å². The van der Waals surface area contributed by atoms with Crippen LogP contribution in [0.25, 0.3) is 0 Å². The summed E-state index contributed by atoms with van der Waals surface area (Å²) in [5.41, 5.74) is 0.530.